The molecule has 0 unspecified atom stereocenters. The maximum atomic E-state index is 13.1. The number of ether oxygens (including phenoxy) is 1. The monoisotopic (exact) mass is 495 g/mol. The third-order valence-electron chi connectivity index (χ3n) is 5.06. The van der Waals surface area contributed by atoms with Gasteiger partial charge in [-0.2, -0.15) is 0 Å². The number of hydrogen-bond donors (Lipinski definition) is 0. The molecule has 0 spiro atoms. The smallest absolute Gasteiger partial charge is 0.293 e. The quantitative estimate of drug-likeness (QED) is 0.261. The Balaban J connectivity index is 1.68. The number of nitrogens with zero attached hydrogens (tertiary/aromatic N) is 1. The first-order chi connectivity index (χ1) is 15.1. The standard InChI is InChI=1S/C25H22BrNO3S/c1-2-3-13-30-22-12-11-18-8-4-5-10-20(18)21(22)15-23-24(28)27(25(29)31-23)16-17-7-6-9-19(26)14-17/h4-12,14-15H,2-3,13,16H2,1H3/b23-15-. The first-order valence-electron chi connectivity index (χ1n) is 10.2. The molecule has 3 aromatic rings. The van der Waals surface area contributed by atoms with Crippen molar-refractivity contribution in [1.82, 2.24) is 4.90 Å². The van der Waals surface area contributed by atoms with Crippen LogP contribution in [0.5, 0.6) is 5.75 Å². The number of hydrogen-bond acceptors (Lipinski definition) is 4. The lowest BCUT2D eigenvalue weighted by atomic mass is 10.0. The van der Waals surface area contributed by atoms with Gasteiger partial charge in [-0.1, -0.05) is 71.7 Å². The van der Waals surface area contributed by atoms with E-state index in [9.17, 15) is 9.59 Å². The summed E-state index contributed by atoms with van der Waals surface area (Å²) in [6.07, 6.45) is 3.79. The molecule has 2 amide bonds. The van der Waals surface area contributed by atoms with Crippen molar-refractivity contribution in [3.63, 3.8) is 0 Å². The van der Waals surface area contributed by atoms with E-state index in [1.54, 1.807) is 6.08 Å². The molecule has 0 radical (unpaired) electrons. The Hall–Kier alpha value is -2.57. The van der Waals surface area contributed by atoms with Crippen LogP contribution in [0.3, 0.4) is 0 Å². The molecule has 6 heteroatoms. The zero-order chi connectivity index (χ0) is 21.8. The first-order valence-corrected chi connectivity index (χ1v) is 11.8. The molecule has 31 heavy (non-hydrogen) atoms. The number of carbonyl (C=O) groups excluding carboxylic acids is 2. The molecule has 3 aromatic carbocycles. The molecule has 1 fully saturated rings. The Morgan fingerprint density at radius 1 is 1.06 bits per heavy atom. The second-order valence-corrected chi connectivity index (χ2v) is 9.21. The van der Waals surface area contributed by atoms with Crippen molar-refractivity contribution in [2.24, 2.45) is 0 Å². The van der Waals surface area contributed by atoms with E-state index in [2.05, 4.69) is 22.9 Å². The highest BCUT2D eigenvalue weighted by Gasteiger charge is 2.35. The van der Waals surface area contributed by atoms with Crippen LogP contribution in [0.15, 0.2) is 70.0 Å². The molecule has 1 aliphatic rings. The minimum atomic E-state index is -0.276. The zero-order valence-electron chi connectivity index (χ0n) is 17.1. The zero-order valence-corrected chi connectivity index (χ0v) is 19.5. The highest BCUT2D eigenvalue weighted by Crippen LogP contribution is 2.37. The van der Waals surface area contributed by atoms with Crippen LogP contribution in [0.2, 0.25) is 0 Å². The fraction of sp³-hybridized carbons (Fsp3) is 0.200. The van der Waals surface area contributed by atoms with Crippen LogP contribution < -0.4 is 4.74 Å². The Morgan fingerprint density at radius 3 is 2.71 bits per heavy atom. The van der Waals surface area contributed by atoms with Gasteiger partial charge in [-0.25, -0.2) is 0 Å². The molecule has 1 aliphatic heterocycles. The largest absolute Gasteiger partial charge is 0.493 e. The van der Waals surface area contributed by atoms with Gasteiger partial charge in [0.1, 0.15) is 5.75 Å². The van der Waals surface area contributed by atoms with Gasteiger partial charge < -0.3 is 4.74 Å². The van der Waals surface area contributed by atoms with E-state index >= 15 is 0 Å². The fourth-order valence-corrected chi connectivity index (χ4v) is 4.73. The predicted molar refractivity (Wildman–Crippen MR) is 130 cm³/mol. The number of halogens is 1. The predicted octanol–water partition coefficient (Wildman–Crippen LogP) is 7.02. The summed E-state index contributed by atoms with van der Waals surface area (Å²) < 4.78 is 6.94. The number of amides is 2. The highest BCUT2D eigenvalue weighted by atomic mass is 79.9. The van der Waals surface area contributed by atoms with Crippen LogP contribution in [-0.2, 0) is 11.3 Å². The Bertz CT molecular complexity index is 1170. The number of carbonyl (C=O) groups is 2. The third kappa shape index (κ3) is 4.86. The van der Waals surface area contributed by atoms with E-state index in [0.29, 0.717) is 11.5 Å². The summed E-state index contributed by atoms with van der Waals surface area (Å²) >= 11 is 4.41. The summed E-state index contributed by atoms with van der Waals surface area (Å²) in [6, 6.07) is 19.6. The maximum Gasteiger partial charge on any atom is 0.293 e. The van der Waals surface area contributed by atoms with Crippen molar-refractivity contribution in [2.75, 3.05) is 6.61 Å². The highest BCUT2D eigenvalue weighted by molar-refractivity contribution is 9.10. The molecule has 0 atom stereocenters. The van der Waals surface area contributed by atoms with Crippen molar-refractivity contribution in [3.05, 3.63) is 81.2 Å². The van der Waals surface area contributed by atoms with Gasteiger partial charge in [0.2, 0.25) is 0 Å². The topological polar surface area (TPSA) is 46.6 Å². The van der Waals surface area contributed by atoms with Gasteiger partial charge in [-0.15, -0.1) is 0 Å². The van der Waals surface area contributed by atoms with Gasteiger partial charge in [0.15, 0.2) is 0 Å². The van der Waals surface area contributed by atoms with Crippen LogP contribution in [0.25, 0.3) is 16.8 Å². The molecule has 0 bridgehead atoms. The number of fused-ring (bicyclic) bond motifs is 1. The van der Waals surface area contributed by atoms with E-state index in [0.717, 1.165) is 56.7 Å². The molecular weight excluding hydrogens is 474 g/mol. The summed E-state index contributed by atoms with van der Waals surface area (Å²) in [5.74, 6) is 0.452. The fourth-order valence-electron chi connectivity index (χ4n) is 3.46. The summed E-state index contributed by atoms with van der Waals surface area (Å²) in [6.45, 7) is 2.98. The van der Waals surface area contributed by atoms with Crippen molar-refractivity contribution in [1.29, 1.82) is 0 Å². The molecule has 0 saturated carbocycles. The van der Waals surface area contributed by atoms with E-state index in [4.69, 9.17) is 4.74 Å². The average Bonchev–Trinajstić information content (AvgIpc) is 3.02. The molecule has 1 saturated heterocycles. The summed E-state index contributed by atoms with van der Waals surface area (Å²) in [7, 11) is 0. The second-order valence-electron chi connectivity index (χ2n) is 7.30. The van der Waals surface area contributed by atoms with Crippen LogP contribution in [-0.4, -0.2) is 22.7 Å². The Labute approximate surface area is 194 Å². The van der Waals surface area contributed by atoms with Crippen molar-refractivity contribution >= 4 is 55.7 Å². The Morgan fingerprint density at radius 2 is 1.90 bits per heavy atom. The van der Waals surface area contributed by atoms with E-state index in [1.807, 2.05) is 60.7 Å². The lowest BCUT2D eigenvalue weighted by Crippen LogP contribution is -2.27. The summed E-state index contributed by atoms with van der Waals surface area (Å²) in [5.41, 5.74) is 1.73. The second kappa shape index (κ2) is 9.71. The number of unbranched alkanes of at least 4 members (excludes halogenated alkanes) is 1. The number of imide groups is 1. The maximum absolute atomic E-state index is 13.1. The number of thioether (sulfide) groups is 1. The van der Waals surface area contributed by atoms with Crippen LogP contribution >= 0.6 is 27.7 Å². The van der Waals surface area contributed by atoms with Gasteiger partial charge >= 0.3 is 0 Å². The minimum absolute atomic E-state index is 0.247. The normalized spacial score (nSPS) is 15.3. The average molecular weight is 496 g/mol. The SMILES string of the molecule is CCCCOc1ccc2ccccc2c1/C=C1\SC(=O)N(Cc2cccc(Br)c2)C1=O. The summed E-state index contributed by atoms with van der Waals surface area (Å²) in [4.78, 5) is 27.4. The van der Waals surface area contributed by atoms with Gasteiger partial charge in [0, 0.05) is 10.0 Å². The van der Waals surface area contributed by atoms with Crippen molar-refractivity contribution in [2.45, 2.75) is 26.3 Å². The van der Waals surface area contributed by atoms with Gasteiger partial charge in [0.05, 0.1) is 18.1 Å². The molecule has 0 aliphatic carbocycles. The number of rotatable bonds is 7. The first kappa shape index (κ1) is 21.7. The minimum Gasteiger partial charge on any atom is -0.493 e. The van der Waals surface area contributed by atoms with E-state index in [1.165, 1.54) is 4.90 Å². The molecule has 0 aromatic heterocycles. The molecule has 0 N–H and O–H groups in total. The van der Waals surface area contributed by atoms with Crippen molar-refractivity contribution in [3.8, 4) is 5.75 Å². The molecule has 1 heterocycles. The molecule has 4 rings (SSSR count). The van der Waals surface area contributed by atoms with Crippen LogP contribution in [0.1, 0.15) is 30.9 Å². The van der Waals surface area contributed by atoms with E-state index in [-0.39, 0.29) is 17.7 Å². The van der Waals surface area contributed by atoms with Crippen LogP contribution in [0, 0.1) is 0 Å². The lowest BCUT2D eigenvalue weighted by molar-refractivity contribution is -0.123. The van der Waals surface area contributed by atoms with Crippen LogP contribution in [0.4, 0.5) is 4.79 Å². The molecule has 158 valence electrons. The van der Waals surface area contributed by atoms with E-state index < -0.39 is 0 Å². The van der Waals surface area contributed by atoms with Gasteiger partial charge in [-0.3, -0.25) is 14.5 Å². The third-order valence-corrected chi connectivity index (χ3v) is 6.47. The number of benzene rings is 3. The summed E-state index contributed by atoms with van der Waals surface area (Å²) in [5, 5.41) is 1.80. The Kier molecular flexibility index (Phi) is 6.78. The molecular formula is C25H22BrNO3S. The lowest BCUT2D eigenvalue weighted by Gasteiger charge is -2.13. The molecule has 4 nitrogen and oxygen atoms in total. The van der Waals surface area contributed by atoms with Crippen molar-refractivity contribution < 1.29 is 14.3 Å². The van der Waals surface area contributed by atoms with Gasteiger partial charge in [0.25, 0.3) is 11.1 Å². The van der Waals surface area contributed by atoms with Gasteiger partial charge in [-0.05, 0) is 58.8 Å².